The Morgan fingerprint density at radius 1 is 0.742 bits per heavy atom. The Kier molecular flexibility index (Phi) is 11.1. The lowest BCUT2D eigenvalue weighted by molar-refractivity contribution is 0.0698. The number of carboxylic acids is 1. The van der Waals surface area contributed by atoms with Crippen LogP contribution in [0.15, 0.2) is 92.0 Å². The van der Waals surface area contributed by atoms with E-state index < -0.39 is 5.97 Å². The molecule has 0 unspecified atom stereocenters. The van der Waals surface area contributed by atoms with E-state index >= 15 is 0 Å². The number of pyridine rings is 3. The lowest BCUT2D eigenvalue weighted by Gasteiger charge is -2.11. The molecular weight excluding hydrogens is 829 g/mol. The maximum Gasteiger partial charge on any atom is 0.338 e. The van der Waals surface area contributed by atoms with Crippen molar-refractivity contribution in [2.24, 2.45) is 0 Å². The number of hydrogen-bond donors (Lipinski definition) is 3. The topological polar surface area (TPSA) is 240 Å². The van der Waals surface area contributed by atoms with Crippen LogP contribution in [0.4, 0.5) is 5.82 Å². The van der Waals surface area contributed by atoms with Gasteiger partial charge in [-0.05, 0) is 78.6 Å². The number of rotatable bonds is 8. The van der Waals surface area contributed by atoms with Crippen molar-refractivity contribution in [3.8, 4) is 12.1 Å². The minimum absolute atomic E-state index is 0.00245. The predicted molar refractivity (Wildman–Crippen MR) is 232 cm³/mol. The van der Waals surface area contributed by atoms with Crippen LogP contribution in [-0.4, -0.2) is 61.0 Å². The molecule has 0 bridgehead atoms. The molecule has 1 amide bonds. The summed E-state index contributed by atoms with van der Waals surface area (Å²) in [7, 11) is 0. The molecule has 9 aromatic rings. The van der Waals surface area contributed by atoms with Crippen LogP contribution in [-0.2, 0) is 19.6 Å². The van der Waals surface area contributed by atoms with Gasteiger partial charge in [-0.2, -0.15) is 10.5 Å². The number of aromatic carboxylic acids is 1. The zero-order valence-electron chi connectivity index (χ0n) is 32.8. The van der Waals surface area contributed by atoms with Gasteiger partial charge in [0.25, 0.3) is 5.91 Å². The van der Waals surface area contributed by atoms with Gasteiger partial charge in [0.2, 0.25) is 0 Å². The number of nitrogens with one attached hydrogen (secondary N) is 1. The number of aromatic nitrogens is 9. The number of fused-ring (bicyclic) bond motifs is 4. The molecule has 2 aromatic carbocycles. The molecule has 0 spiro atoms. The van der Waals surface area contributed by atoms with Gasteiger partial charge in [0.05, 0.1) is 43.0 Å². The first-order chi connectivity index (χ1) is 29.9. The van der Waals surface area contributed by atoms with E-state index in [1.54, 1.807) is 29.2 Å². The van der Waals surface area contributed by atoms with Crippen LogP contribution in [0.5, 0.6) is 0 Å². The van der Waals surface area contributed by atoms with E-state index in [4.69, 9.17) is 28.9 Å². The van der Waals surface area contributed by atoms with Crippen LogP contribution in [0.2, 0.25) is 10.0 Å². The summed E-state index contributed by atoms with van der Waals surface area (Å²) in [5, 5.41) is 34.8. The van der Waals surface area contributed by atoms with Crippen molar-refractivity contribution in [1.29, 1.82) is 10.5 Å². The van der Waals surface area contributed by atoms with Crippen LogP contribution in [0.25, 0.3) is 43.9 Å². The number of carbonyl (C=O) groups is 2. The number of hydrogen-bond acceptors (Lipinski definition) is 12. The number of carboxylic acid groups (broad SMARTS) is 1. The third kappa shape index (κ3) is 8.11. The Balaban J connectivity index is 0.000000180. The number of anilines is 1. The van der Waals surface area contributed by atoms with Crippen molar-refractivity contribution in [3.63, 3.8) is 0 Å². The number of nitrogens with zero attached hydrogens (tertiary/aromatic N) is 11. The van der Waals surface area contributed by atoms with Gasteiger partial charge in [-0.25, -0.2) is 29.7 Å². The number of nitrogens with two attached hydrogens (primary N) is 1. The minimum atomic E-state index is -1.13. The number of amides is 1. The van der Waals surface area contributed by atoms with Crippen molar-refractivity contribution in [1.82, 2.24) is 49.3 Å². The maximum atomic E-state index is 13.3. The quantitative estimate of drug-likeness (QED) is 0.136. The van der Waals surface area contributed by atoms with Gasteiger partial charge >= 0.3 is 5.97 Å². The molecule has 4 N–H and O–H groups in total. The van der Waals surface area contributed by atoms with Crippen LogP contribution in [0.3, 0.4) is 0 Å². The third-order valence-electron chi connectivity index (χ3n) is 10.1. The van der Waals surface area contributed by atoms with Crippen LogP contribution >= 0.6 is 23.2 Å². The summed E-state index contributed by atoms with van der Waals surface area (Å²) < 4.78 is 3.54. The fourth-order valence-electron chi connectivity index (χ4n) is 7.31. The standard InChI is InChI=1S/C26H21ClN8O.C18H10ClN5O2/c1-14-5-23(29)34-15(2)19(14)10-31-26(36)20-12-35(25-24(20)22(8-28)32-13-33-25)11-16-3-4-21-17(6-16)7-18(27)9-30-21;19-12-4-11-3-10(1-2-14(11)21-6-12)7-24-8-13(18(25)26)16-15(5-20)22-9-23-17(16)24/h3-7,9,12-13H,10-11H2,1-2H3,(H2,29,34)(H,31,36);1-4,6,8-9H,7H2,(H,25,26). The maximum absolute atomic E-state index is 13.3. The summed E-state index contributed by atoms with van der Waals surface area (Å²) in [5.74, 6) is -1.03. The second kappa shape index (κ2) is 16.9. The smallest absolute Gasteiger partial charge is 0.338 e. The molecule has 7 aromatic heterocycles. The first-order valence-corrected chi connectivity index (χ1v) is 19.5. The molecule has 0 saturated carbocycles. The molecule has 7 heterocycles. The molecule has 0 saturated heterocycles. The van der Waals surface area contributed by atoms with Crippen LogP contribution in [0.1, 0.15) is 60.1 Å². The molecule has 9 rings (SSSR count). The van der Waals surface area contributed by atoms with Gasteiger partial charge in [0, 0.05) is 60.9 Å². The monoisotopic (exact) mass is 859 g/mol. The van der Waals surface area contributed by atoms with E-state index in [0.29, 0.717) is 51.2 Å². The summed E-state index contributed by atoms with van der Waals surface area (Å²) in [5.41, 5.74) is 13.3. The molecule has 62 heavy (non-hydrogen) atoms. The van der Waals surface area contributed by atoms with Gasteiger partial charge in [-0.15, -0.1) is 0 Å². The first-order valence-electron chi connectivity index (χ1n) is 18.7. The largest absolute Gasteiger partial charge is 0.478 e. The number of benzene rings is 2. The van der Waals surface area contributed by atoms with Crippen molar-refractivity contribution in [2.75, 3.05) is 5.73 Å². The number of aryl methyl sites for hydroxylation is 2. The lowest BCUT2D eigenvalue weighted by Crippen LogP contribution is -2.24. The second-order valence-electron chi connectivity index (χ2n) is 14.2. The number of nitrogen functional groups attached to an aromatic ring is 1. The van der Waals surface area contributed by atoms with E-state index in [-0.39, 0.29) is 34.8 Å². The SMILES string of the molecule is Cc1cc(N)nc(C)c1CNC(=O)c1cn(Cc2ccc3ncc(Cl)cc3c2)c2ncnc(C#N)c12.N#Cc1ncnc2c1c(C(=O)O)cn2Cc1ccc2ncc(Cl)cc2c1. The van der Waals surface area contributed by atoms with Gasteiger partial charge in [0.15, 0.2) is 11.4 Å². The highest BCUT2D eigenvalue weighted by molar-refractivity contribution is 6.31. The molecule has 304 valence electrons. The molecular formula is C44H31Cl2N13O3. The van der Waals surface area contributed by atoms with E-state index in [1.165, 1.54) is 18.9 Å². The van der Waals surface area contributed by atoms with Crippen molar-refractivity contribution in [2.45, 2.75) is 33.5 Å². The zero-order chi connectivity index (χ0) is 43.7. The zero-order valence-corrected chi connectivity index (χ0v) is 34.3. The third-order valence-corrected chi connectivity index (χ3v) is 10.5. The number of halogens is 2. The van der Waals surface area contributed by atoms with E-state index in [9.17, 15) is 25.2 Å². The van der Waals surface area contributed by atoms with E-state index in [1.807, 2.05) is 73.0 Å². The predicted octanol–water partition coefficient (Wildman–Crippen LogP) is 7.33. The highest BCUT2D eigenvalue weighted by Crippen LogP contribution is 2.27. The lowest BCUT2D eigenvalue weighted by atomic mass is 10.1. The average Bonchev–Trinajstić information content (AvgIpc) is 3.82. The molecule has 0 atom stereocenters. The van der Waals surface area contributed by atoms with Crippen LogP contribution in [0, 0.1) is 36.5 Å². The average molecular weight is 861 g/mol. The molecule has 16 nitrogen and oxygen atoms in total. The summed E-state index contributed by atoms with van der Waals surface area (Å²) in [6.45, 7) is 4.85. The molecule has 0 radical (unpaired) electrons. The Hall–Kier alpha value is -8.05. The molecule has 0 aliphatic rings. The summed E-state index contributed by atoms with van der Waals surface area (Å²) in [6.07, 6.45) is 8.96. The Morgan fingerprint density at radius 2 is 1.26 bits per heavy atom. The molecule has 0 aliphatic carbocycles. The highest BCUT2D eigenvalue weighted by atomic mass is 35.5. The minimum Gasteiger partial charge on any atom is -0.478 e. The Morgan fingerprint density at radius 3 is 1.76 bits per heavy atom. The van der Waals surface area contributed by atoms with E-state index in [2.05, 4.69) is 46.3 Å². The first kappa shape index (κ1) is 40.7. The van der Waals surface area contributed by atoms with Gasteiger partial charge < -0.3 is 25.3 Å². The summed E-state index contributed by atoms with van der Waals surface area (Å²) in [6, 6.07) is 21.0. The van der Waals surface area contributed by atoms with Crippen molar-refractivity contribution >= 4 is 84.8 Å². The Labute approximate surface area is 361 Å². The van der Waals surface area contributed by atoms with Gasteiger partial charge in [-0.1, -0.05) is 35.3 Å². The Bertz CT molecular complexity index is 3350. The van der Waals surface area contributed by atoms with Crippen LogP contribution < -0.4 is 11.1 Å². The van der Waals surface area contributed by atoms with Crippen molar-refractivity contribution in [3.05, 3.63) is 153 Å². The molecule has 0 fully saturated rings. The molecule has 0 aliphatic heterocycles. The van der Waals surface area contributed by atoms with Gasteiger partial charge in [-0.3, -0.25) is 14.8 Å². The fourth-order valence-corrected chi connectivity index (χ4v) is 7.64. The fraction of sp³-hybridized carbons (Fsp3) is 0.114. The van der Waals surface area contributed by atoms with Gasteiger partial charge in [0.1, 0.15) is 41.9 Å². The van der Waals surface area contributed by atoms with Crippen molar-refractivity contribution < 1.29 is 14.7 Å². The normalized spacial score (nSPS) is 11.0. The summed E-state index contributed by atoms with van der Waals surface area (Å²) in [4.78, 5) is 54.2. The number of nitriles is 2. The highest BCUT2D eigenvalue weighted by Gasteiger charge is 2.22. The van der Waals surface area contributed by atoms with E-state index in [0.717, 1.165) is 49.8 Å². The molecule has 18 heteroatoms. The second-order valence-corrected chi connectivity index (χ2v) is 15.1. The number of carbonyl (C=O) groups excluding carboxylic acids is 1. The summed E-state index contributed by atoms with van der Waals surface area (Å²) >= 11 is 12.1.